The summed E-state index contributed by atoms with van der Waals surface area (Å²) in [6, 6.07) is 3.03. The number of ether oxygens (including phenoxy) is 2. The minimum Gasteiger partial charge on any atom is -0.381 e. The largest absolute Gasteiger partial charge is 0.381 e. The molecule has 0 spiro atoms. The number of fused-ring (bicyclic) bond motifs is 2. The molecule has 6 heteroatoms. The number of nitrogens with one attached hydrogen (secondary N) is 1. The molecular formula is C23H33N3O3. The Morgan fingerprint density at radius 2 is 2.28 bits per heavy atom. The van der Waals surface area contributed by atoms with Crippen LogP contribution in [0, 0.1) is 18.3 Å². The number of aryl methyl sites for hydroxylation is 1. The number of rotatable bonds is 3. The third-order valence-electron chi connectivity index (χ3n) is 7.57. The summed E-state index contributed by atoms with van der Waals surface area (Å²) in [5.41, 5.74) is 3.17. The molecule has 5 atom stereocenters. The third kappa shape index (κ3) is 3.49. The first kappa shape index (κ1) is 19.5. The molecule has 158 valence electrons. The zero-order valence-corrected chi connectivity index (χ0v) is 17.7. The summed E-state index contributed by atoms with van der Waals surface area (Å²) >= 11 is 0. The maximum absolute atomic E-state index is 13.8. The standard InChI is InChI=1S/C23H33N3O3/c1-15-9-17-13-26(6-3-20(17)24-12-15)22(27)23-5-8-29-21(23)10-18(11-23)25-19-4-7-28-14-16(19)2/h9,12,16,18-19,21,25H,3-8,10-11,13-14H2,1-2H3/t16-,18-,19+,21-,23-/m1/s1. The van der Waals surface area contributed by atoms with Crippen molar-refractivity contribution in [3.8, 4) is 0 Å². The van der Waals surface area contributed by atoms with E-state index in [0.29, 0.717) is 37.1 Å². The predicted octanol–water partition coefficient (Wildman–Crippen LogP) is 2.23. The molecule has 5 rings (SSSR count). The van der Waals surface area contributed by atoms with E-state index in [9.17, 15) is 4.79 Å². The zero-order chi connectivity index (χ0) is 20.0. The van der Waals surface area contributed by atoms with Gasteiger partial charge in [0.15, 0.2) is 0 Å². The Hall–Kier alpha value is -1.50. The van der Waals surface area contributed by atoms with E-state index in [0.717, 1.165) is 63.1 Å². The molecule has 1 saturated carbocycles. The fourth-order valence-corrected chi connectivity index (χ4v) is 5.94. The van der Waals surface area contributed by atoms with Crippen LogP contribution in [0.3, 0.4) is 0 Å². The van der Waals surface area contributed by atoms with Crippen LogP contribution in [0.15, 0.2) is 12.3 Å². The topological polar surface area (TPSA) is 63.7 Å². The van der Waals surface area contributed by atoms with Gasteiger partial charge in [0, 0.05) is 56.7 Å². The molecule has 2 saturated heterocycles. The summed E-state index contributed by atoms with van der Waals surface area (Å²) in [6.45, 7) is 8.15. The van der Waals surface area contributed by atoms with Crippen molar-refractivity contribution in [1.29, 1.82) is 0 Å². The molecule has 0 radical (unpaired) electrons. The first-order valence-electron chi connectivity index (χ1n) is 11.2. The minimum absolute atomic E-state index is 0.0553. The molecule has 1 aliphatic carbocycles. The number of pyridine rings is 1. The van der Waals surface area contributed by atoms with Crippen molar-refractivity contribution in [3.05, 3.63) is 29.1 Å². The van der Waals surface area contributed by atoms with Crippen LogP contribution in [-0.2, 0) is 27.2 Å². The Kier molecular flexibility index (Phi) is 5.13. The van der Waals surface area contributed by atoms with E-state index in [1.54, 1.807) is 0 Å². The van der Waals surface area contributed by atoms with Crippen LogP contribution in [0.2, 0.25) is 0 Å². The third-order valence-corrected chi connectivity index (χ3v) is 7.57. The van der Waals surface area contributed by atoms with Crippen LogP contribution in [-0.4, -0.2) is 60.3 Å². The van der Waals surface area contributed by atoms with E-state index in [2.05, 4.69) is 35.1 Å². The van der Waals surface area contributed by atoms with Crippen LogP contribution < -0.4 is 5.32 Å². The highest BCUT2D eigenvalue weighted by molar-refractivity contribution is 5.84. The van der Waals surface area contributed by atoms with E-state index in [1.165, 1.54) is 5.56 Å². The molecule has 0 aromatic carbocycles. The Bertz CT molecular complexity index is 785. The summed E-state index contributed by atoms with van der Waals surface area (Å²) < 4.78 is 11.7. The lowest BCUT2D eigenvalue weighted by Gasteiger charge is -2.37. The van der Waals surface area contributed by atoms with Gasteiger partial charge in [0.2, 0.25) is 5.91 Å². The van der Waals surface area contributed by atoms with Crippen LogP contribution in [0.25, 0.3) is 0 Å². The Morgan fingerprint density at radius 1 is 1.38 bits per heavy atom. The zero-order valence-electron chi connectivity index (χ0n) is 17.7. The van der Waals surface area contributed by atoms with Gasteiger partial charge >= 0.3 is 0 Å². The minimum atomic E-state index is -0.346. The lowest BCUT2D eigenvalue weighted by atomic mass is 9.80. The maximum atomic E-state index is 13.8. The Morgan fingerprint density at radius 3 is 3.14 bits per heavy atom. The second-order valence-electron chi connectivity index (χ2n) is 9.61. The molecule has 29 heavy (non-hydrogen) atoms. The molecule has 6 nitrogen and oxygen atoms in total. The lowest BCUT2D eigenvalue weighted by Crippen LogP contribution is -2.49. The van der Waals surface area contributed by atoms with E-state index in [-0.39, 0.29) is 11.5 Å². The molecule has 1 aromatic rings. The van der Waals surface area contributed by atoms with E-state index >= 15 is 0 Å². The van der Waals surface area contributed by atoms with Gasteiger partial charge in [0.05, 0.1) is 18.1 Å². The molecule has 0 bridgehead atoms. The van der Waals surface area contributed by atoms with Gasteiger partial charge in [-0.3, -0.25) is 9.78 Å². The van der Waals surface area contributed by atoms with Crippen LogP contribution in [0.4, 0.5) is 0 Å². The van der Waals surface area contributed by atoms with E-state index in [4.69, 9.17) is 9.47 Å². The van der Waals surface area contributed by atoms with E-state index in [1.807, 2.05) is 6.20 Å². The van der Waals surface area contributed by atoms with Crippen molar-refractivity contribution >= 4 is 5.91 Å². The van der Waals surface area contributed by atoms with Crippen LogP contribution >= 0.6 is 0 Å². The summed E-state index contributed by atoms with van der Waals surface area (Å²) in [5, 5.41) is 3.86. The number of nitrogens with zero attached hydrogens (tertiary/aromatic N) is 2. The molecule has 1 N–H and O–H groups in total. The summed E-state index contributed by atoms with van der Waals surface area (Å²) in [5.74, 6) is 0.822. The number of aromatic nitrogens is 1. The number of amides is 1. The quantitative estimate of drug-likeness (QED) is 0.845. The van der Waals surface area contributed by atoms with Gasteiger partial charge in [-0.25, -0.2) is 0 Å². The van der Waals surface area contributed by atoms with Gasteiger partial charge < -0.3 is 19.7 Å². The van der Waals surface area contributed by atoms with Gasteiger partial charge in [-0.1, -0.05) is 13.0 Å². The predicted molar refractivity (Wildman–Crippen MR) is 109 cm³/mol. The average molecular weight is 400 g/mol. The van der Waals surface area contributed by atoms with Gasteiger partial charge in [0.1, 0.15) is 0 Å². The van der Waals surface area contributed by atoms with Crippen molar-refractivity contribution in [1.82, 2.24) is 15.2 Å². The molecule has 1 amide bonds. The van der Waals surface area contributed by atoms with E-state index < -0.39 is 0 Å². The highest BCUT2D eigenvalue weighted by atomic mass is 16.5. The molecule has 3 aliphatic heterocycles. The van der Waals surface area contributed by atoms with Crippen molar-refractivity contribution in [2.24, 2.45) is 11.3 Å². The van der Waals surface area contributed by atoms with Crippen molar-refractivity contribution in [2.75, 3.05) is 26.4 Å². The normalized spacial score (nSPS) is 36.7. The summed E-state index contributed by atoms with van der Waals surface area (Å²) in [4.78, 5) is 20.4. The van der Waals surface area contributed by atoms with Gasteiger partial charge in [-0.05, 0) is 49.7 Å². The van der Waals surface area contributed by atoms with Crippen molar-refractivity contribution < 1.29 is 14.3 Å². The van der Waals surface area contributed by atoms with Gasteiger partial charge in [-0.2, -0.15) is 0 Å². The molecule has 4 heterocycles. The van der Waals surface area contributed by atoms with Gasteiger partial charge in [0.25, 0.3) is 0 Å². The van der Waals surface area contributed by atoms with Crippen molar-refractivity contribution in [2.45, 2.75) is 70.7 Å². The SMILES string of the molecule is Cc1cnc2c(c1)CN(C(=O)[C@@]13CCO[C@@H]1C[C@@H](N[C@H]1CCOC[C@H]1C)C3)CC2. The second kappa shape index (κ2) is 7.64. The molecule has 4 aliphatic rings. The summed E-state index contributed by atoms with van der Waals surface area (Å²) in [6.07, 6.45) is 6.59. The number of hydrogen-bond donors (Lipinski definition) is 1. The lowest BCUT2D eigenvalue weighted by molar-refractivity contribution is -0.145. The second-order valence-corrected chi connectivity index (χ2v) is 9.61. The van der Waals surface area contributed by atoms with Gasteiger partial charge in [-0.15, -0.1) is 0 Å². The Labute approximate surface area is 173 Å². The smallest absolute Gasteiger partial charge is 0.231 e. The fourth-order valence-electron chi connectivity index (χ4n) is 5.94. The fraction of sp³-hybridized carbons (Fsp3) is 0.739. The Balaban J connectivity index is 1.30. The monoisotopic (exact) mass is 399 g/mol. The molecule has 0 unspecified atom stereocenters. The van der Waals surface area contributed by atoms with Crippen LogP contribution in [0.1, 0.15) is 49.4 Å². The van der Waals surface area contributed by atoms with Crippen molar-refractivity contribution in [3.63, 3.8) is 0 Å². The molecular weight excluding hydrogens is 366 g/mol. The maximum Gasteiger partial charge on any atom is 0.231 e. The van der Waals surface area contributed by atoms with Crippen LogP contribution in [0.5, 0.6) is 0 Å². The first-order chi connectivity index (χ1) is 14.0. The molecule has 3 fully saturated rings. The molecule has 1 aromatic heterocycles. The number of carbonyl (C=O) groups is 1. The first-order valence-corrected chi connectivity index (χ1v) is 11.2. The highest BCUT2D eigenvalue weighted by Gasteiger charge is 2.57. The number of hydrogen-bond acceptors (Lipinski definition) is 5. The average Bonchev–Trinajstić information content (AvgIpc) is 3.26. The summed E-state index contributed by atoms with van der Waals surface area (Å²) in [7, 11) is 0. The number of carbonyl (C=O) groups excluding carboxylic acids is 1. The highest BCUT2D eigenvalue weighted by Crippen LogP contribution is 2.49.